The van der Waals surface area contributed by atoms with E-state index in [9.17, 15) is 4.79 Å². The highest BCUT2D eigenvalue weighted by Gasteiger charge is 2.27. The number of benzene rings is 1. The molecule has 3 heteroatoms. The van der Waals surface area contributed by atoms with Crippen LogP contribution < -0.4 is 10.2 Å². The third kappa shape index (κ3) is 3.35. The van der Waals surface area contributed by atoms with Crippen LogP contribution in [0.4, 0.5) is 5.69 Å². The Labute approximate surface area is 134 Å². The lowest BCUT2D eigenvalue weighted by atomic mass is 9.83. The molecule has 1 saturated heterocycles. The summed E-state index contributed by atoms with van der Waals surface area (Å²) in [5.74, 6) is 1.51. The van der Waals surface area contributed by atoms with Gasteiger partial charge >= 0.3 is 0 Å². The minimum Gasteiger partial charge on any atom is -0.317 e. The van der Waals surface area contributed by atoms with E-state index in [4.69, 9.17) is 0 Å². The van der Waals surface area contributed by atoms with Gasteiger partial charge in [-0.2, -0.15) is 0 Å². The van der Waals surface area contributed by atoms with Crippen molar-refractivity contribution in [2.24, 2.45) is 11.8 Å². The number of nitrogens with one attached hydrogen (secondary N) is 1. The summed E-state index contributed by atoms with van der Waals surface area (Å²) in [5.41, 5.74) is 3.73. The Morgan fingerprint density at radius 1 is 1.36 bits per heavy atom. The molecule has 1 unspecified atom stereocenters. The number of rotatable bonds is 3. The molecule has 1 atom stereocenters. The molecule has 2 aliphatic heterocycles. The highest BCUT2D eigenvalue weighted by Crippen LogP contribution is 2.31. The van der Waals surface area contributed by atoms with Gasteiger partial charge in [-0.15, -0.1) is 0 Å². The maximum absolute atomic E-state index is 12.8. The minimum atomic E-state index is 0.317. The summed E-state index contributed by atoms with van der Waals surface area (Å²) in [4.78, 5) is 14.9. The molecule has 0 aliphatic carbocycles. The second-order valence-corrected chi connectivity index (χ2v) is 7.05. The quantitative estimate of drug-likeness (QED) is 0.929. The Morgan fingerprint density at radius 2 is 2.14 bits per heavy atom. The molecule has 1 fully saturated rings. The van der Waals surface area contributed by atoms with Crippen LogP contribution in [0.2, 0.25) is 0 Å². The zero-order valence-corrected chi connectivity index (χ0v) is 13.9. The third-order valence-electron chi connectivity index (χ3n) is 5.35. The van der Waals surface area contributed by atoms with Crippen molar-refractivity contribution in [2.45, 2.75) is 46.0 Å². The van der Waals surface area contributed by atoms with Crippen LogP contribution in [0.1, 0.15) is 43.7 Å². The summed E-state index contributed by atoms with van der Waals surface area (Å²) in [7, 11) is 0. The molecule has 0 bridgehead atoms. The predicted octanol–water partition coefficient (Wildman–Crippen LogP) is 3.30. The van der Waals surface area contributed by atoms with Gasteiger partial charge in [-0.3, -0.25) is 4.79 Å². The van der Waals surface area contributed by atoms with Crippen molar-refractivity contribution in [3.8, 4) is 0 Å². The van der Waals surface area contributed by atoms with E-state index in [1.165, 1.54) is 24.0 Å². The van der Waals surface area contributed by atoms with Gasteiger partial charge in [0, 0.05) is 18.7 Å². The van der Waals surface area contributed by atoms with Gasteiger partial charge in [0.1, 0.15) is 0 Å². The average Bonchev–Trinajstić information content (AvgIpc) is 2.55. The zero-order valence-electron chi connectivity index (χ0n) is 13.9. The Morgan fingerprint density at radius 3 is 2.91 bits per heavy atom. The fraction of sp³-hybridized carbons (Fsp3) is 0.632. The maximum atomic E-state index is 12.8. The van der Waals surface area contributed by atoms with E-state index in [2.05, 4.69) is 37.4 Å². The fourth-order valence-electron chi connectivity index (χ4n) is 3.91. The first-order valence-electron chi connectivity index (χ1n) is 8.76. The molecule has 3 rings (SSSR count). The molecule has 22 heavy (non-hydrogen) atoms. The van der Waals surface area contributed by atoms with Crippen molar-refractivity contribution in [1.82, 2.24) is 5.32 Å². The van der Waals surface area contributed by atoms with Crippen LogP contribution in [0.3, 0.4) is 0 Å². The van der Waals surface area contributed by atoms with E-state index in [1.807, 2.05) is 4.90 Å². The van der Waals surface area contributed by atoms with E-state index in [0.717, 1.165) is 38.2 Å². The summed E-state index contributed by atoms with van der Waals surface area (Å²) in [5, 5.41) is 3.41. The van der Waals surface area contributed by atoms with Crippen molar-refractivity contribution < 1.29 is 4.79 Å². The highest BCUT2D eigenvalue weighted by molar-refractivity contribution is 5.94. The Bertz CT molecular complexity index is 534. The van der Waals surface area contributed by atoms with Gasteiger partial charge in [-0.1, -0.05) is 19.1 Å². The first-order valence-corrected chi connectivity index (χ1v) is 8.76. The van der Waals surface area contributed by atoms with Gasteiger partial charge in [-0.05, 0) is 74.7 Å². The molecule has 2 aliphatic rings. The van der Waals surface area contributed by atoms with E-state index >= 15 is 0 Å². The number of carbonyl (C=O) groups excluding carboxylic acids is 1. The molecule has 0 saturated carbocycles. The van der Waals surface area contributed by atoms with Crippen molar-refractivity contribution in [3.05, 3.63) is 29.3 Å². The van der Waals surface area contributed by atoms with Crippen LogP contribution in [0.5, 0.6) is 0 Å². The van der Waals surface area contributed by atoms with Crippen LogP contribution in [-0.2, 0) is 11.2 Å². The molecular weight excluding hydrogens is 272 g/mol. The number of hydrogen-bond acceptors (Lipinski definition) is 2. The van der Waals surface area contributed by atoms with Gasteiger partial charge in [0.25, 0.3) is 0 Å². The maximum Gasteiger partial charge on any atom is 0.227 e. The summed E-state index contributed by atoms with van der Waals surface area (Å²) < 4.78 is 0. The largest absolute Gasteiger partial charge is 0.317 e. The van der Waals surface area contributed by atoms with Crippen molar-refractivity contribution >= 4 is 11.6 Å². The Balaban J connectivity index is 1.69. The molecule has 1 N–H and O–H groups in total. The van der Waals surface area contributed by atoms with E-state index in [0.29, 0.717) is 24.2 Å². The molecule has 0 spiro atoms. The van der Waals surface area contributed by atoms with E-state index in [-0.39, 0.29) is 0 Å². The molecule has 1 amide bonds. The topological polar surface area (TPSA) is 32.3 Å². The van der Waals surface area contributed by atoms with Gasteiger partial charge in [0.15, 0.2) is 0 Å². The average molecular weight is 300 g/mol. The molecule has 1 aromatic carbocycles. The monoisotopic (exact) mass is 300 g/mol. The lowest BCUT2D eigenvalue weighted by molar-refractivity contribution is -0.119. The second kappa shape index (κ2) is 6.82. The first-order chi connectivity index (χ1) is 10.6. The van der Waals surface area contributed by atoms with Crippen LogP contribution in [-0.4, -0.2) is 25.5 Å². The number of nitrogens with zero attached hydrogens (tertiary/aromatic N) is 1. The van der Waals surface area contributed by atoms with Crippen molar-refractivity contribution in [2.75, 3.05) is 24.5 Å². The number of hydrogen-bond donors (Lipinski definition) is 1. The summed E-state index contributed by atoms with van der Waals surface area (Å²) in [6, 6.07) is 6.53. The van der Waals surface area contributed by atoms with Crippen molar-refractivity contribution in [1.29, 1.82) is 0 Å². The molecule has 0 aromatic heterocycles. The number of amides is 1. The van der Waals surface area contributed by atoms with Crippen LogP contribution in [0.25, 0.3) is 0 Å². The third-order valence-corrected chi connectivity index (χ3v) is 5.35. The number of piperidine rings is 1. The zero-order chi connectivity index (χ0) is 15.5. The highest BCUT2D eigenvalue weighted by atomic mass is 16.2. The van der Waals surface area contributed by atoms with E-state index < -0.39 is 0 Å². The van der Waals surface area contributed by atoms with Gasteiger partial charge < -0.3 is 10.2 Å². The van der Waals surface area contributed by atoms with Gasteiger partial charge in [0.2, 0.25) is 5.91 Å². The Kier molecular flexibility index (Phi) is 4.82. The van der Waals surface area contributed by atoms with Crippen LogP contribution >= 0.6 is 0 Å². The fourth-order valence-corrected chi connectivity index (χ4v) is 3.91. The van der Waals surface area contributed by atoms with Crippen LogP contribution in [0, 0.1) is 18.8 Å². The SMILES string of the molecule is Cc1ccc2c(c1)N(C(=O)CC(C)C1CCNCC1)CCC2. The molecule has 0 radical (unpaired) electrons. The van der Waals surface area contributed by atoms with E-state index in [1.54, 1.807) is 0 Å². The number of carbonyl (C=O) groups is 1. The summed E-state index contributed by atoms with van der Waals surface area (Å²) in [6.45, 7) is 7.46. The summed E-state index contributed by atoms with van der Waals surface area (Å²) >= 11 is 0. The first kappa shape index (κ1) is 15.5. The predicted molar refractivity (Wildman–Crippen MR) is 91.2 cm³/mol. The van der Waals surface area contributed by atoms with Crippen LogP contribution in [0.15, 0.2) is 18.2 Å². The Hall–Kier alpha value is -1.35. The van der Waals surface area contributed by atoms with Gasteiger partial charge in [0.05, 0.1) is 0 Å². The minimum absolute atomic E-state index is 0.317. The smallest absolute Gasteiger partial charge is 0.227 e. The lowest BCUT2D eigenvalue weighted by Gasteiger charge is -2.33. The molecule has 120 valence electrons. The molecule has 2 heterocycles. The molecule has 1 aromatic rings. The van der Waals surface area contributed by atoms with Gasteiger partial charge in [-0.25, -0.2) is 0 Å². The molecule has 3 nitrogen and oxygen atoms in total. The number of fused-ring (bicyclic) bond motifs is 1. The standard InChI is InChI=1S/C19H28N2O/c1-14-5-6-17-4-3-11-21(18(17)12-14)19(22)13-15(2)16-7-9-20-10-8-16/h5-6,12,15-16,20H,3-4,7-11,13H2,1-2H3. The number of anilines is 1. The number of aryl methyl sites for hydroxylation is 2. The second-order valence-electron chi connectivity index (χ2n) is 7.05. The van der Waals surface area contributed by atoms with Crippen molar-refractivity contribution in [3.63, 3.8) is 0 Å². The lowest BCUT2D eigenvalue weighted by Crippen LogP contribution is -2.38. The summed E-state index contributed by atoms with van der Waals surface area (Å²) in [6.07, 6.45) is 5.30. The normalized spacial score (nSPS) is 20.5. The molecular formula is C19H28N2O.